The molecule has 1 aromatic heterocycles. The maximum atomic E-state index is 8.65. The number of aromatic nitrogens is 1. The van der Waals surface area contributed by atoms with Crippen molar-refractivity contribution in [2.24, 2.45) is 0 Å². The van der Waals surface area contributed by atoms with Crippen molar-refractivity contribution in [1.29, 1.82) is 5.26 Å². The van der Waals surface area contributed by atoms with Gasteiger partial charge in [0.05, 0.1) is 30.1 Å². The maximum Gasteiger partial charge on any atom is 0.140 e. The summed E-state index contributed by atoms with van der Waals surface area (Å²) in [5, 5.41) is 12.1. The summed E-state index contributed by atoms with van der Waals surface area (Å²) in [4.78, 5) is 4.04. The molecule has 2 saturated heterocycles. The number of rotatable bonds is 2. The van der Waals surface area contributed by atoms with Crippen LogP contribution in [0.5, 0.6) is 0 Å². The number of nitriles is 1. The second kappa shape index (κ2) is 3.76. The molecule has 3 rings (SSSR count). The third kappa shape index (κ3) is 1.63. The van der Waals surface area contributed by atoms with E-state index in [-0.39, 0.29) is 0 Å². The van der Waals surface area contributed by atoms with Gasteiger partial charge in [-0.3, -0.25) is 0 Å². The van der Waals surface area contributed by atoms with Crippen LogP contribution in [-0.2, 0) is 4.74 Å². The quantitative estimate of drug-likeness (QED) is 0.815. The highest BCUT2D eigenvalue weighted by Gasteiger charge is 2.40. The Morgan fingerprint density at radius 3 is 2.94 bits per heavy atom. The molecule has 2 aliphatic rings. The van der Waals surface area contributed by atoms with Crippen LogP contribution in [0.15, 0.2) is 18.3 Å². The van der Waals surface area contributed by atoms with E-state index in [1.807, 2.05) is 12.1 Å². The third-order valence-corrected chi connectivity index (χ3v) is 3.34. The Bertz CT molecular complexity index is 423. The van der Waals surface area contributed by atoms with E-state index in [1.54, 1.807) is 12.3 Å². The zero-order valence-corrected chi connectivity index (χ0v) is 8.89. The molecule has 2 bridgehead atoms. The first-order valence-corrected chi connectivity index (χ1v) is 5.63. The predicted octanol–water partition coefficient (Wildman–Crippen LogP) is 1.69. The van der Waals surface area contributed by atoms with Crippen LogP contribution in [0.4, 0.5) is 5.69 Å². The molecule has 2 fully saturated rings. The van der Waals surface area contributed by atoms with Crippen molar-refractivity contribution in [2.75, 3.05) is 5.32 Å². The van der Waals surface area contributed by atoms with Crippen LogP contribution in [-0.4, -0.2) is 23.2 Å². The largest absolute Gasteiger partial charge is 0.378 e. The number of fused-ring (bicyclic) bond motifs is 2. The molecule has 1 aromatic rings. The Hall–Kier alpha value is -1.60. The normalized spacial score (nSPS) is 31.3. The van der Waals surface area contributed by atoms with Crippen molar-refractivity contribution < 1.29 is 4.74 Å². The molecule has 0 saturated carbocycles. The number of hydrogen-bond donors (Lipinski definition) is 1. The molecule has 1 N–H and O–H groups in total. The summed E-state index contributed by atoms with van der Waals surface area (Å²) in [5.41, 5.74) is 1.43. The molecule has 82 valence electrons. The number of nitrogens with one attached hydrogen (secondary N) is 1. The molecule has 3 atom stereocenters. The summed E-state index contributed by atoms with van der Waals surface area (Å²) in [6, 6.07) is 6.05. The highest BCUT2D eigenvalue weighted by atomic mass is 16.5. The van der Waals surface area contributed by atoms with Gasteiger partial charge in [-0.25, -0.2) is 4.98 Å². The van der Waals surface area contributed by atoms with Gasteiger partial charge in [-0.05, 0) is 31.4 Å². The molecule has 2 aliphatic heterocycles. The molecule has 0 radical (unpaired) electrons. The number of nitrogens with zero attached hydrogens (tertiary/aromatic N) is 2. The highest BCUT2D eigenvalue weighted by Crippen LogP contribution is 2.35. The molecular weight excluding hydrogens is 202 g/mol. The zero-order chi connectivity index (χ0) is 11.0. The summed E-state index contributed by atoms with van der Waals surface area (Å²) in [6.07, 6.45) is 5.98. The lowest BCUT2D eigenvalue weighted by Crippen LogP contribution is -2.30. The van der Waals surface area contributed by atoms with Gasteiger partial charge in [0.15, 0.2) is 0 Å². The van der Waals surface area contributed by atoms with E-state index in [0.29, 0.717) is 23.9 Å². The van der Waals surface area contributed by atoms with Crippen LogP contribution in [0.3, 0.4) is 0 Å². The summed E-state index contributed by atoms with van der Waals surface area (Å²) in [5.74, 6) is 0. The van der Waals surface area contributed by atoms with Gasteiger partial charge in [-0.15, -0.1) is 0 Å². The molecule has 16 heavy (non-hydrogen) atoms. The standard InChI is InChI=1S/C12H13N3O/c13-6-8-1-2-9(7-14-8)15-11-5-10-3-4-12(11)16-10/h1-2,7,10-12,15H,3-5H2. The SMILES string of the molecule is N#Cc1ccc(NC2CC3CCC2O3)cn1. The smallest absolute Gasteiger partial charge is 0.140 e. The van der Waals surface area contributed by atoms with Gasteiger partial charge in [-0.1, -0.05) is 0 Å². The summed E-state index contributed by atoms with van der Waals surface area (Å²) >= 11 is 0. The van der Waals surface area contributed by atoms with Crippen molar-refractivity contribution >= 4 is 5.69 Å². The fourth-order valence-electron chi connectivity index (χ4n) is 2.55. The first-order chi connectivity index (χ1) is 7.85. The van der Waals surface area contributed by atoms with Crippen molar-refractivity contribution in [3.05, 3.63) is 24.0 Å². The fraction of sp³-hybridized carbons (Fsp3) is 0.500. The first-order valence-electron chi connectivity index (χ1n) is 5.63. The Kier molecular flexibility index (Phi) is 2.26. The van der Waals surface area contributed by atoms with Crippen LogP contribution in [0.25, 0.3) is 0 Å². The molecule has 0 spiro atoms. The second-order valence-electron chi connectivity index (χ2n) is 4.40. The average molecular weight is 215 g/mol. The van der Waals surface area contributed by atoms with E-state index in [0.717, 1.165) is 18.5 Å². The van der Waals surface area contributed by atoms with Crippen LogP contribution in [0, 0.1) is 11.3 Å². The van der Waals surface area contributed by atoms with Gasteiger partial charge < -0.3 is 10.1 Å². The van der Waals surface area contributed by atoms with Gasteiger partial charge in [0.25, 0.3) is 0 Å². The molecule has 4 heteroatoms. The van der Waals surface area contributed by atoms with Crippen molar-refractivity contribution in [2.45, 2.75) is 37.5 Å². The molecular formula is C12H13N3O. The van der Waals surface area contributed by atoms with E-state index in [1.165, 1.54) is 6.42 Å². The molecule has 0 amide bonds. The minimum absolute atomic E-state index is 0.362. The van der Waals surface area contributed by atoms with E-state index in [2.05, 4.69) is 10.3 Å². The van der Waals surface area contributed by atoms with Gasteiger partial charge in [0.1, 0.15) is 11.8 Å². The van der Waals surface area contributed by atoms with Gasteiger partial charge >= 0.3 is 0 Å². The second-order valence-corrected chi connectivity index (χ2v) is 4.40. The molecule has 0 aliphatic carbocycles. The minimum atomic E-state index is 0.362. The van der Waals surface area contributed by atoms with Crippen LogP contribution < -0.4 is 5.32 Å². The lowest BCUT2D eigenvalue weighted by atomic mass is 9.95. The maximum absolute atomic E-state index is 8.65. The monoisotopic (exact) mass is 215 g/mol. The van der Waals surface area contributed by atoms with Crippen molar-refractivity contribution in [1.82, 2.24) is 4.98 Å². The van der Waals surface area contributed by atoms with E-state index in [9.17, 15) is 0 Å². The van der Waals surface area contributed by atoms with Crippen molar-refractivity contribution in [3.63, 3.8) is 0 Å². The summed E-state index contributed by atoms with van der Waals surface area (Å²) < 4.78 is 5.77. The molecule has 0 aromatic carbocycles. The minimum Gasteiger partial charge on any atom is -0.378 e. The third-order valence-electron chi connectivity index (χ3n) is 3.34. The summed E-state index contributed by atoms with van der Waals surface area (Å²) in [7, 11) is 0. The lowest BCUT2D eigenvalue weighted by molar-refractivity contribution is 0.102. The van der Waals surface area contributed by atoms with Gasteiger partial charge in [0.2, 0.25) is 0 Å². The van der Waals surface area contributed by atoms with Crippen molar-refractivity contribution in [3.8, 4) is 6.07 Å². The Labute approximate surface area is 94.2 Å². The van der Waals surface area contributed by atoms with Gasteiger partial charge in [0, 0.05) is 0 Å². The van der Waals surface area contributed by atoms with E-state index < -0.39 is 0 Å². The van der Waals surface area contributed by atoms with Crippen LogP contribution >= 0.6 is 0 Å². The highest BCUT2D eigenvalue weighted by molar-refractivity contribution is 5.44. The summed E-state index contributed by atoms with van der Waals surface area (Å²) in [6.45, 7) is 0. The average Bonchev–Trinajstić information content (AvgIpc) is 2.92. The lowest BCUT2D eigenvalue weighted by Gasteiger charge is -2.20. The van der Waals surface area contributed by atoms with Crippen LogP contribution in [0.1, 0.15) is 25.0 Å². The molecule has 3 unspecified atom stereocenters. The number of anilines is 1. The Morgan fingerprint density at radius 1 is 1.44 bits per heavy atom. The number of ether oxygens (including phenoxy) is 1. The Morgan fingerprint density at radius 2 is 2.38 bits per heavy atom. The van der Waals surface area contributed by atoms with Gasteiger partial charge in [-0.2, -0.15) is 5.26 Å². The van der Waals surface area contributed by atoms with E-state index in [4.69, 9.17) is 10.00 Å². The van der Waals surface area contributed by atoms with E-state index >= 15 is 0 Å². The molecule has 3 heterocycles. The molecule has 4 nitrogen and oxygen atoms in total. The zero-order valence-electron chi connectivity index (χ0n) is 8.89. The topological polar surface area (TPSA) is 57.9 Å². The predicted molar refractivity (Wildman–Crippen MR) is 58.9 cm³/mol. The van der Waals surface area contributed by atoms with Crippen LogP contribution in [0.2, 0.25) is 0 Å². The number of hydrogen-bond acceptors (Lipinski definition) is 4. The first kappa shape index (κ1) is 9.61. The number of pyridine rings is 1. The Balaban J connectivity index is 1.68. The fourth-order valence-corrected chi connectivity index (χ4v) is 2.55.